The molecule has 4 aliphatic rings. The standard InChI is InChI=1S/C37H52N4O6/c1-23-31-22-41(33(23)24(2)42)35(43)32(25-13-8-7-9-14-25)40-36(44)47-37(3)20-12-16-26(37)15-10-5-6-11-17-29-34(46-31)39-30-21-27(45-4)18-19-28(30)38-29/h18-19,21,23,25-26,31-33H,5-17,20,22H2,1-4H3,(H,40,44)/t23-,26-,31+,32+,33+,37-/m1/s1. The van der Waals surface area contributed by atoms with Crippen LogP contribution in [0.25, 0.3) is 11.0 Å². The zero-order valence-corrected chi connectivity index (χ0v) is 28.6. The molecule has 10 nitrogen and oxygen atoms in total. The molecule has 3 heterocycles. The Hall–Kier alpha value is -3.43. The molecule has 1 aromatic heterocycles. The quantitative estimate of drug-likeness (QED) is 0.397. The molecule has 10 heteroatoms. The largest absolute Gasteiger partial charge is 0.497 e. The number of benzene rings is 1. The number of aromatic nitrogens is 2. The molecule has 47 heavy (non-hydrogen) atoms. The molecule has 256 valence electrons. The van der Waals surface area contributed by atoms with Crippen molar-refractivity contribution in [1.82, 2.24) is 20.2 Å². The molecule has 1 saturated heterocycles. The van der Waals surface area contributed by atoms with Crippen LogP contribution < -0.4 is 14.8 Å². The number of Topliss-reactive ketones (excluding diaryl/α,β-unsaturated/α-hetero) is 1. The van der Waals surface area contributed by atoms with E-state index in [9.17, 15) is 14.4 Å². The van der Waals surface area contributed by atoms with Crippen LogP contribution in [0.4, 0.5) is 4.79 Å². The highest BCUT2D eigenvalue weighted by molar-refractivity contribution is 5.92. The van der Waals surface area contributed by atoms with E-state index in [-0.39, 0.29) is 30.1 Å². The van der Waals surface area contributed by atoms with Crippen molar-refractivity contribution in [3.8, 4) is 11.6 Å². The third kappa shape index (κ3) is 7.21. The first kappa shape index (κ1) is 33.5. The van der Waals surface area contributed by atoms with E-state index in [1.54, 1.807) is 12.0 Å². The maximum absolute atomic E-state index is 14.6. The number of carbonyl (C=O) groups excluding carboxylic acids is 3. The van der Waals surface area contributed by atoms with Crippen molar-refractivity contribution in [2.45, 2.75) is 134 Å². The van der Waals surface area contributed by atoms with Crippen molar-refractivity contribution in [2.75, 3.05) is 13.7 Å². The molecule has 3 fully saturated rings. The highest BCUT2D eigenvalue weighted by Crippen LogP contribution is 2.42. The number of carbonyl (C=O) groups is 3. The van der Waals surface area contributed by atoms with Crippen molar-refractivity contribution in [3.63, 3.8) is 0 Å². The van der Waals surface area contributed by atoms with Crippen LogP contribution in [0.3, 0.4) is 0 Å². The molecule has 6 rings (SSSR count). The van der Waals surface area contributed by atoms with Crippen molar-refractivity contribution < 1.29 is 28.6 Å². The van der Waals surface area contributed by atoms with Gasteiger partial charge in [-0.25, -0.2) is 14.8 Å². The smallest absolute Gasteiger partial charge is 0.408 e. The van der Waals surface area contributed by atoms with Gasteiger partial charge in [0, 0.05) is 12.0 Å². The summed E-state index contributed by atoms with van der Waals surface area (Å²) in [5, 5.41) is 3.05. The average Bonchev–Trinajstić information content (AvgIpc) is 3.59. The number of methoxy groups -OCH3 is 1. The minimum Gasteiger partial charge on any atom is -0.497 e. The molecule has 0 radical (unpaired) electrons. The van der Waals surface area contributed by atoms with Crippen LogP contribution >= 0.6 is 0 Å². The minimum absolute atomic E-state index is 0.0130. The number of aryl methyl sites for hydroxylation is 1. The van der Waals surface area contributed by atoms with E-state index < -0.39 is 29.9 Å². The first-order valence-corrected chi connectivity index (χ1v) is 18.0. The van der Waals surface area contributed by atoms with Crippen LogP contribution in [-0.2, 0) is 20.7 Å². The zero-order chi connectivity index (χ0) is 33.1. The lowest BCUT2D eigenvalue weighted by atomic mass is 9.83. The van der Waals surface area contributed by atoms with Gasteiger partial charge in [-0.05, 0) is 89.2 Å². The Kier molecular flexibility index (Phi) is 10.2. The number of nitrogens with zero attached hydrogens (tertiary/aromatic N) is 3. The fourth-order valence-electron chi connectivity index (χ4n) is 8.73. The van der Waals surface area contributed by atoms with Gasteiger partial charge < -0.3 is 24.4 Å². The van der Waals surface area contributed by atoms with Crippen LogP contribution in [0.15, 0.2) is 18.2 Å². The van der Waals surface area contributed by atoms with Gasteiger partial charge in [0.1, 0.15) is 29.2 Å². The number of ketones is 1. The Morgan fingerprint density at radius 3 is 2.47 bits per heavy atom. The van der Waals surface area contributed by atoms with Crippen LogP contribution in [0.1, 0.15) is 110 Å². The first-order valence-electron chi connectivity index (χ1n) is 18.0. The third-order valence-corrected chi connectivity index (χ3v) is 11.5. The fourth-order valence-corrected chi connectivity index (χ4v) is 8.73. The Morgan fingerprint density at radius 1 is 0.979 bits per heavy atom. The van der Waals surface area contributed by atoms with Gasteiger partial charge in [-0.3, -0.25) is 9.59 Å². The Labute approximate surface area is 278 Å². The maximum atomic E-state index is 14.6. The van der Waals surface area contributed by atoms with Gasteiger partial charge in [0.05, 0.1) is 30.7 Å². The van der Waals surface area contributed by atoms with Gasteiger partial charge in [-0.15, -0.1) is 0 Å². The summed E-state index contributed by atoms with van der Waals surface area (Å²) in [5.41, 5.74) is 1.69. The van der Waals surface area contributed by atoms with Gasteiger partial charge in [0.25, 0.3) is 0 Å². The molecular formula is C37H52N4O6. The van der Waals surface area contributed by atoms with Gasteiger partial charge >= 0.3 is 6.09 Å². The highest BCUT2D eigenvalue weighted by Gasteiger charge is 2.49. The van der Waals surface area contributed by atoms with E-state index in [4.69, 9.17) is 24.2 Å². The Bertz CT molecular complexity index is 1460. The molecule has 1 N–H and O–H groups in total. The van der Waals surface area contributed by atoms with Crippen LogP contribution in [0.2, 0.25) is 0 Å². The lowest BCUT2D eigenvalue weighted by Gasteiger charge is -2.36. The number of nitrogens with one attached hydrogen (secondary N) is 1. The summed E-state index contributed by atoms with van der Waals surface area (Å²) in [6.07, 6.45) is 12.6. The molecular weight excluding hydrogens is 596 g/mol. The first-order chi connectivity index (χ1) is 22.7. The predicted octanol–water partition coefficient (Wildman–Crippen LogP) is 6.56. The summed E-state index contributed by atoms with van der Waals surface area (Å²) in [4.78, 5) is 52.9. The average molecular weight is 649 g/mol. The number of amides is 2. The van der Waals surface area contributed by atoms with Crippen LogP contribution in [0.5, 0.6) is 11.6 Å². The molecule has 0 spiro atoms. The molecule has 2 aromatic rings. The summed E-state index contributed by atoms with van der Waals surface area (Å²) < 4.78 is 18.3. The topological polar surface area (TPSA) is 120 Å². The number of rotatable bonds is 3. The van der Waals surface area contributed by atoms with Crippen molar-refractivity contribution >= 4 is 28.8 Å². The van der Waals surface area contributed by atoms with Crippen molar-refractivity contribution in [3.05, 3.63) is 23.9 Å². The normalized spacial score (nSPS) is 31.4. The van der Waals surface area contributed by atoms with E-state index in [1.807, 2.05) is 25.1 Å². The Balaban J connectivity index is 1.36. The fraction of sp³-hybridized carbons (Fsp3) is 0.703. The second-order valence-electron chi connectivity index (χ2n) is 14.7. The molecule has 2 aliphatic carbocycles. The summed E-state index contributed by atoms with van der Waals surface area (Å²) in [5.74, 6) is 0.807. The SMILES string of the molecule is COc1ccc2nc3c(nc2c1)O[C@H]1CN(C(=O)[C@H](C2CCCCC2)NC(=O)O[C@]2(C)CCC[C@H]2CCCCCC3)[C@H](C(C)=O)[C@@H]1C. The van der Waals surface area contributed by atoms with Crippen LogP contribution in [-0.4, -0.2) is 70.1 Å². The third-order valence-electron chi connectivity index (χ3n) is 11.5. The summed E-state index contributed by atoms with van der Waals surface area (Å²) in [7, 11) is 1.62. The van der Waals surface area contributed by atoms with E-state index >= 15 is 0 Å². The highest BCUT2D eigenvalue weighted by atomic mass is 16.6. The molecule has 2 saturated carbocycles. The number of alkyl carbamates (subject to hydrolysis) is 1. The van der Waals surface area contributed by atoms with E-state index in [0.29, 0.717) is 23.1 Å². The number of fused-ring (bicyclic) bond motifs is 5. The van der Waals surface area contributed by atoms with Gasteiger partial charge in [-0.1, -0.05) is 45.4 Å². The predicted molar refractivity (Wildman–Crippen MR) is 178 cm³/mol. The van der Waals surface area contributed by atoms with Gasteiger partial charge in [0.15, 0.2) is 5.78 Å². The summed E-state index contributed by atoms with van der Waals surface area (Å²) >= 11 is 0. The Morgan fingerprint density at radius 2 is 1.70 bits per heavy atom. The molecule has 2 bridgehead atoms. The number of hydrogen-bond donors (Lipinski definition) is 1. The maximum Gasteiger partial charge on any atom is 0.408 e. The number of ether oxygens (including phenoxy) is 3. The molecule has 2 amide bonds. The summed E-state index contributed by atoms with van der Waals surface area (Å²) in [6.45, 7) is 5.79. The van der Waals surface area contributed by atoms with E-state index in [1.165, 1.54) is 6.92 Å². The monoisotopic (exact) mass is 648 g/mol. The van der Waals surface area contributed by atoms with Crippen molar-refractivity contribution in [2.24, 2.45) is 17.8 Å². The van der Waals surface area contributed by atoms with E-state index in [0.717, 1.165) is 101 Å². The molecule has 0 unspecified atom stereocenters. The van der Waals surface area contributed by atoms with Gasteiger partial charge in [-0.2, -0.15) is 0 Å². The zero-order valence-electron chi connectivity index (χ0n) is 28.6. The molecule has 2 aliphatic heterocycles. The second kappa shape index (κ2) is 14.4. The lowest BCUT2D eigenvalue weighted by molar-refractivity contribution is -0.140. The molecule has 6 atom stereocenters. The second-order valence-corrected chi connectivity index (χ2v) is 14.7. The summed E-state index contributed by atoms with van der Waals surface area (Å²) in [6, 6.07) is 4.22. The molecule has 1 aromatic carbocycles. The lowest BCUT2D eigenvalue weighted by Crippen LogP contribution is -2.56. The van der Waals surface area contributed by atoms with E-state index in [2.05, 4.69) is 12.2 Å². The minimum atomic E-state index is -0.760. The van der Waals surface area contributed by atoms with Crippen LogP contribution in [0, 0.1) is 17.8 Å². The van der Waals surface area contributed by atoms with Gasteiger partial charge in [0.2, 0.25) is 11.8 Å². The van der Waals surface area contributed by atoms with Crippen molar-refractivity contribution in [1.29, 1.82) is 0 Å². The number of hydrogen-bond acceptors (Lipinski definition) is 8.